The Hall–Kier alpha value is -3.37. The van der Waals surface area contributed by atoms with Gasteiger partial charge >= 0.3 is 0 Å². The molecule has 2 aromatic carbocycles. The van der Waals surface area contributed by atoms with E-state index in [4.69, 9.17) is 21.1 Å². The first-order valence-corrected chi connectivity index (χ1v) is 11.5. The van der Waals surface area contributed by atoms with E-state index in [1.54, 1.807) is 38.1 Å². The molecular formula is C21H20ClN5O4S. The second-order valence-corrected chi connectivity index (χ2v) is 8.86. The van der Waals surface area contributed by atoms with Gasteiger partial charge in [-0.2, -0.15) is 13.4 Å². The Morgan fingerprint density at radius 3 is 2.53 bits per heavy atom. The first-order chi connectivity index (χ1) is 15.3. The zero-order valence-corrected chi connectivity index (χ0v) is 18.9. The van der Waals surface area contributed by atoms with E-state index >= 15 is 0 Å². The summed E-state index contributed by atoms with van der Waals surface area (Å²) in [6.45, 7) is 4.03. The van der Waals surface area contributed by atoms with Gasteiger partial charge in [-0.3, -0.25) is 4.72 Å². The van der Waals surface area contributed by atoms with Gasteiger partial charge in [0.2, 0.25) is 0 Å². The number of sulfonamides is 1. The Bertz CT molecular complexity index is 1360. The lowest BCUT2D eigenvalue weighted by atomic mass is 10.3. The molecule has 32 heavy (non-hydrogen) atoms. The summed E-state index contributed by atoms with van der Waals surface area (Å²) in [5, 5.41) is 3.83. The number of nitrogens with zero attached hydrogens (tertiary/aromatic N) is 4. The van der Waals surface area contributed by atoms with Gasteiger partial charge in [0, 0.05) is 11.4 Å². The van der Waals surface area contributed by atoms with Crippen molar-refractivity contribution in [3.8, 4) is 11.5 Å². The van der Waals surface area contributed by atoms with Gasteiger partial charge in [0.1, 0.15) is 30.4 Å². The van der Waals surface area contributed by atoms with Crippen LogP contribution in [0.3, 0.4) is 0 Å². The Kier molecular flexibility index (Phi) is 6.15. The van der Waals surface area contributed by atoms with E-state index in [0.29, 0.717) is 17.1 Å². The molecule has 0 unspecified atom stereocenters. The van der Waals surface area contributed by atoms with Crippen molar-refractivity contribution < 1.29 is 17.9 Å². The van der Waals surface area contributed by atoms with Crippen LogP contribution in [0.4, 0.5) is 5.69 Å². The maximum absolute atomic E-state index is 13.0. The molecule has 0 radical (unpaired) electrons. The highest BCUT2D eigenvalue weighted by atomic mass is 35.5. The predicted octanol–water partition coefficient (Wildman–Crippen LogP) is 3.65. The molecule has 0 spiro atoms. The summed E-state index contributed by atoms with van der Waals surface area (Å²) in [5.41, 5.74) is 1.51. The van der Waals surface area contributed by atoms with Crippen LogP contribution in [-0.4, -0.2) is 41.2 Å². The zero-order chi connectivity index (χ0) is 22.7. The lowest BCUT2D eigenvalue weighted by Crippen LogP contribution is -2.17. The van der Waals surface area contributed by atoms with Crippen molar-refractivity contribution in [3.05, 3.63) is 71.0 Å². The molecule has 166 valence electrons. The highest BCUT2D eigenvalue weighted by Gasteiger charge is 2.24. The fourth-order valence-electron chi connectivity index (χ4n) is 2.99. The number of halogens is 1. The minimum atomic E-state index is -4.15. The number of rotatable bonds is 8. The average Bonchev–Trinajstić information content (AvgIpc) is 3.20. The Morgan fingerprint density at radius 2 is 1.75 bits per heavy atom. The molecule has 9 nitrogen and oxygen atoms in total. The first-order valence-electron chi connectivity index (χ1n) is 9.66. The SMILES string of the molecule is Cc1cc(C)n2nc(S(=O)(=O)Nc3c(Cl)cccc3OCCOc3ccccc3)nc2n1. The lowest BCUT2D eigenvalue weighted by molar-refractivity contribution is 0.218. The number of aryl methyl sites for hydroxylation is 2. The van der Waals surface area contributed by atoms with Gasteiger partial charge in [-0.25, -0.2) is 9.50 Å². The van der Waals surface area contributed by atoms with Gasteiger partial charge in [0.25, 0.3) is 21.0 Å². The Morgan fingerprint density at radius 1 is 1.00 bits per heavy atom. The number of fused-ring (bicyclic) bond motifs is 1. The van der Waals surface area contributed by atoms with Gasteiger partial charge < -0.3 is 9.47 Å². The maximum atomic E-state index is 13.0. The fourth-order valence-corrected chi connectivity index (χ4v) is 4.22. The predicted molar refractivity (Wildman–Crippen MR) is 120 cm³/mol. The summed E-state index contributed by atoms with van der Waals surface area (Å²) < 4.78 is 41.1. The van der Waals surface area contributed by atoms with E-state index in [2.05, 4.69) is 19.8 Å². The second-order valence-electron chi connectivity index (χ2n) is 6.87. The van der Waals surface area contributed by atoms with Crippen LogP contribution in [-0.2, 0) is 10.0 Å². The van der Waals surface area contributed by atoms with Crippen molar-refractivity contribution in [2.24, 2.45) is 0 Å². The molecule has 0 amide bonds. The molecule has 4 aromatic rings. The van der Waals surface area contributed by atoms with Gasteiger partial charge in [-0.1, -0.05) is 35.9 Å². The van der Waals surface area contributed by atoms with Crippen LogP contribution in [0, 0.1) is 13.8 Å². The molecule has 0 saturated heterocycles. The zero-order valence-electron chi connectivity index (χ0n) is 17.3. The molecular weight excluding hydrogens is 454 g/mol. The van der Waals surface area contributed by atoms with Crippen molar-refractivity contribution in [3.63, 3.8) is 0 Å². The third-order valence-electron chi connectivity index (χ3n) is 4.40. The largest absolute Gasteiger partial charge is 0.490 e. The third-order valence-corrected chi connectivity index (χ3v) is 5.85. The third kappa shape index (κ3) is 4.76. The number of para-hydroxylation sites is 2. The van der Waals surface area contributed by atoms with E-state index in [1.165, 1.54) is 4.52 Å². The number of aromatic nitrogens is 4. The highest BCUT2D eigenvalue weighted by Crippen LogP contribution is 2.34. The van der Waals surface area contributed by atoms with Crippen LogP contribution in [0.1, 0.15) is 11.4 Å². The Labute approximate surface area is 190 Å². The summed E-state index contributed by atoms with van der Waals surface area (Å²) in [7, 11) is -4.15. The van der Waals surface area contributed by atoms with E-state index in [0.717, 1.165) is 0 Å². The van der Waals surface area contributed by atoms with E-state index in [1.807, 2.05) is 30.3 Å². The summed E-state index contributed by atoms with van der Waals surface area (Å²) in [6.07, 6.45) is 0. The average molecular weight is 474 g/mol. The van der Waals surface area contributed by atoms with Crippen LogP contribution in [0.15, 0.2) is 59.8 Å². The molecule has 11 heteroatoms. The number of hydrogen-bond acceptors (Lipinski definition) is 7. The minimum absolute atomic E-state index is 0.0913. The molecule has 2 aromatic heterocycles. The van der Waals surface area contributed by atoms with Crippen molar-refractivity contribution in [1.82, 2.24) is 19.6 Å². The second kappa shape index (κ2) is 9.01. The molecule has 2 heterocycles. The molecule has 0 aliphatic heterocycles. The summed E-state index contributed by atoms with van der Waals surface area (Å²) in [4.78, 5) is 8.28. The number of nitrogens with one attached hydrogen (secondary N) is 1. The van der Waals surface area contributed by atoms with E-state index < -0.39 is 15.2 Å². The van der Waals surface area contributed by atoms with Crippen LogP contribution < -0.4 is 14.2 Å². The van der Waals surface area contributed by atoms with Crippen molar-refractivity contribution in [1.29, 1.82) is 0 Å². The van der Waals surface area contributed by atoms with Crippen LogP contribution in [0.25, 0.3) is 5.78 Å². The fraction of sp³-hybridized carbons (Fsp3) is 0.190. The van der Waals surface area contributed by atoms with Gasteiger partial charge in [-0.15, -0.1) is 5.10 Å². The molecule has 0 aliphatic carbocycles. The molecule has 1 N–H and O–H groups in total. The normalized spacial score (nSPS) is 11.5. The van der Waals surface area contributed by atoms with Crippen LogP contribution in [0.5, 0.6) is 11.5 Å². The van der Waals surface area contributed by atoms with Gasteiger partial charge in [0.15, 0.2) is 0 Å². The first kappa shape index (κ1) is 21.8. The van der Waals surface area contributed by atoms with Crippen molar-refractivity contribution in [2.75, 3.05) is 17.9 Å². The maximum Gasteiger partial charge on any atom is 0.299 e. The smallest absolute Gasteiger partial charge is 0.299 e. The minimum Gasteiger partial charge on any atom is -0.490 e. The summed E-state index contributed by atoms with van der Waals surface area (Å²) in [6, 6.07) is 15.9. The molecule has 0 bridgehead atoms. The quantitative estimate of drug-likeness (QED) is 0.389. The monoisotopic (exact) mass is 473 g/mol. The van der Waals surface area contributed by atoms with Gasteiger partial charge in [-0.05, 0) is 44.2 Å². The number of anilines is 1. The van der Waals surface area contributed by atoms with E-state index in [-0.39, 0.29) is 35.5 Å². The topological polar surface area (TPSA) is 108 Å². The highest BCUT2D eigenvalue weighted by molar-refractivity contribution is 7.92. The van der Waals surface area contributed by atoms with E-state index in [9.17, 15) is 8.42 Å². The molecule has 0 aliphatic rings. The molecule has 0 saturated carbocycles. The molecule has 4 rings (SSSR count). The number of hydrogen-bond donors (Lipinski definition) is 1. The summed E-state index contributed by atoms with van der Waals surface area (Å²) in [5.74, 6) is 1.16. The van der Waals surface area contributed by atoms with Crippen LogP contribution in [0.2, 0.25) is 5.02 Å². The summed E-state index contributed by atoms with van der Waals surface area (Å²) >= 11 is 6.26. The van der Waals surface area contributed by atoms with Crippen LogP contribution >= 0.6 is 11.6 Å². The number of benzene rings is 2. The Balaban J connectivity index is 1.52. The lowest BCUT2D eigenvalue weighted by Gasteiger charge is -2.14. The van der Waals surface area contributed by atoms with Gasteiger partial charge in [0.05, 0.1) is 5.02 Å². The standard InChI is InChI=1S/C21H20ClN5O4S/c1-14-13-15(2)27-20(23-14)24-21(25-27)32(28,29)26-19-17(22)9-6-10-18(19)31-12-11-30-16-7-4-3-5-8-16/h3-10,13,26H,11-12H2,1-2H3. The molecule has 0 atom stereocenters. The molecule has 0 fully saturated rings. The van der Waals surface area contributed by atoms with Crippen molar-refractivity contribution >= 4 is 33.1 Å². The number of ether oxygens (including phenoxy) is 2. The van der Waals surface area contributed by atoms with Crippen molar-refractivity contribution in [2.45, 2.75) is 19.0 Å².